The Balaban J connectivity index is 2.61. The average Bonchev–Trinajstić information content (AvgIpc) is 2.49. The maximum atomic E-state index is 5.79. The molecule has 0 spiro atoms. The summed E-state index contributed by atoms with van der Waals surface area (Å²) in [5.41, 5.74) is 6.68. The lowest BCUT2D eigenvalue weighted by atomic mass is 9.98. The molecule has 112 valence electrons. The molecule has 0 fully saturated rings. The third-order valence-electron chi connectivity index (χ3n) is 3.45. The minimum Gasteiger partial charge on any atom is -0.496 e. The molecular weight excluding hydrogens is 266 g/mol. The fourth-order valence-corrected chi connectivity index (χ4v) is 2.49. The minimum absolute atomic E-state index is 0.309. The summed E-state index contributed by atoms with van der Waals surface area (Å²) in [4.78, 5) is 4.52. The third-order valence-corrected chi connectivity index (χ3v) is 3.45. The van der Waals surface area contributed by atoms with E-state index in [2.05, 4.69) is 16.5 Å². The Morgan fingerprint density at radius 2 is 1.76 bits per heavy atom. The Morgan fingerprint density at radius 3 is 2.24 bits per heavy atom. The Morgan fingerprint density at radius 1 is 1.14 bits per heavy atom. The molecule has 2 rings (SSSR count). The number of nitrogens with two attached hydrogens (primary N) is 1. The van der Waals surface area contributed by atoms with Gasteiger partial charge in [0.15, 0.2) is 0 Å². The number of ether oxygens (including phenoxy) is 2. The first-order valence-corrected chi connectivity index (χ1v) is 6.72. The zero-order valence-corrected chi connectivity index (χ0v) is 12.8. The van der Waals surface area contributed by atoms with E-state index in [9.17, 15) is 0 Å². The van der Waals surface area contributed by atoms with Gasteiger partial charge in [-0.15, -0.1) is 0 Å². The van der Waals surface area contributed by atoms with Gasteiger partial charge in [-0.3, -0.25) is 10.8 Å². The molecule has 2 aromatic rings. The number of nitrogens with one attached hydrogen (secondary N) is 1. The van der Waals surface area contributed by atoms with Crippen LogP contribution in [0.2, 0.25) is 0 Å². The normalized spacial score (nSPS) is 12.0. The van der Waals surface area contributed by atoms with Crippen molar-refractivity contribution < 1.29 is 9.47 Å². The van der Waals surface area contributed by atoms with Gasteiger partial charge in [-0.05, 0) is 37.1 Å². The Hall–Kier alpha value is -2.11. The van der Waals surface area contributed by atoms with Crippen LogP contribution in [0.1, 0.15) is 28.4 Å². The number of methoxy groups -OCH3 is 2. The van der Waals surface area contributed by atoms with E-state index in [0.717, 1.165) is 22.4 Å². The first-order chi connectivity index (χ1) is 10.1. The molecule has 1 heterocycles. The maximum Gasteiger partial charge on any atom is 0.127 e. The van der Waals surface area contributed by atoms with Crippen LogP contribution in [0.25, 0.3) is 0 Å². The molecule has 3 N–H and O–H groups in total. The molecule has 0 radical (unpaired) electrons. The fourth-order valence-electron chi connectivity index (χ4n) is 2.49. The standard InChI is InChI=1S/C16H21N3O2/c1-10-8-11(2)15(18-9-10)16(19-17)14-12(20-3)6-5-7-13(14)21-4/h5-9,16,19H,17H2,1-4H3. The van der Waals surface area contributed by atoms with E-state index in [4.69, 9.17) is 15.3 Å². The molecule has 0 saturated carbocycles. The molecule has 0 amide bonds. The summed E-state index contributed by atoms with van der Waals surface area (Å²) in [6, 6.07) is 7.41. The van der Waals surface area contributed by atoms with E-state index in [1.165, 1.54) is 0 Å². The summed E-state index contributed by atoms with van der Waals surface area (Å²) in [7, 11) is 3.25. The van der Waals surface area contributed by atoms with E-state index in [-0.39, 0.29) is 6.04 Å². The van der Waals surface area contributed by atoms with Crippen molar-refractivity contribution in [1.82, 2.24) is 10.4 Å². The average molecular weight is 287 g/mol. The molecule has 21 heavy (non-hydrogen) atoms. The third kappa shape index (κ3) is 2.99. The summed E-state index contributed by atoms with van der Waals surface area (Å²) in [6.07, 6.45) is 1.83. The largest absolute Gasteiger partial charge is 0.496 e. The van der Waals surface area contributed by atoms with Gasteiger partial charge in [-0.2, -0.15) is 0 Å². The number of pyridine rings is 1. The zero-order chi connectivity index (χ0) is 15.4. The first kappa shape index (κ1) is 15.3. The van der Waals surface area contributed by atoms with Gasteiger partial charge in [0.25, 0.3) is 0 Å². The van der Waals surface area contributed by atoms with E-state index in [1.807, 2.05) is 38.2 Å². The Kier molecular flexibility index (Phi) is 4.77. The molecule has 0 aliphatic rings. The molecule has 1 aromatic heterocycles. The fraction of sp³-hybridized carbons (Fsp3) is 0.312. The van der Waals surface area contributed by atoms with E-state index in [0.29, 0.717) is 11.5 Å². The van der Waals surface area contributed by atoms with Crippen LogP contribution in [-0.4, -0.2) is 19.2 Å². The summed E-state index contributed by atoms with van der Waals surface area (Å²) in [6.45, 7) is 4.03. The summed E-state index contributed by atoms with van der Waals surface area (Å²) in [5.74, 6) is 7.20. The van der Waals surface area contributed by atoms with Crippen LogP contribution in [0.3, 0.4) is 0 Å². The predicted octanol–water partition coefficient (Wildman–Crippen LogP) is 2.27. The number of aryl methyl sites for hydroxylation is 2. The maximum absolute atomic E-state index is 5.79. The molecule has 0 aliphatic carbocycles. The number of hydrazine groups is 1. The Labute approximate surface area is 125 Å². The van der Waals surface area contributed by atoms with Crippen molar-refractivity contribution in [3.63, 3.8) is 0 Å². The number of aromatic nitrogens is 1. The number of hydrogen-bond donors (Lipinski definition) is 2. The van der Waals surface area contributed by atoms with Crippen molar-refractivity contribution in [3.05, 3.63) is 52.8 Å². The molecular formula is C16H21N3O2. The lowest BCUT2D eigenvalue weighted by Crippen LogP contribution is -2.30. The van der Waals surface area contributed by atoms with Crippen LogP contribution < -0.4 is 20.7 Å². The molecule has 0 bridgehead atoms. The number of benzene rings is 1. The second kappa shape index (κ2) is 6.56. The highest BCUT2D eigenvalue weighted by Crippen LogP contribution is 2.37. The van der Waals surface area contributed by atoms with Crippen LogP contribution in [0, 0.1) is 13.8 Å². The molecule has 0 saturated heterocycles. The van der Waals surface area contributed by atoms with Gasteiger partial charge in [-0.1, -0.05) is 12.1 Å². The van der Waals surface area contributed by atoms with Gasteiger partial charge in [0.05, 0.1) is 31.5 Å². The summed E-state index contributed by atoms with van der Waals surface area (Å²) >= 11 is 0. The van der Waals surface area contributed by atoms with Crippen LogP contribution in [0.5, 0.6) is 11.5 Å². The minimum atomic E-state index is -0.309. The van der Waals surface area contributed by atoms with E-state index in [1.54, 1.807) is 14.2 Å². The first-order valence-electron chi connectivity index (χ1n) is 6.72. The topological polar surface area (TPSA) is 69.4 Å². The number of rotatable bonds is 5. The van der Waals surface area contributed by atoms with Gasteiger partial charge in [0.1, 0.15) is 11.5 Å². The monoisotopic (exact) mass is 287 g/mol. The van der Waals surface area contributed by atoms with E-state index >= 15 is 0 Å². The van der Waals surface area contributed by atoms with Crippen molar-refractivity contribution >= 4 is 0 Å². The summed E-state index contributed by atoms with van der Waals surface area (Å²) < 4.78 is 10.9. The lowest BCUT2D eigenvalue weighted by Gasteiger charge is -2.22. The lowest BCUT2D eigenvalue weighted by molar-refractivity contribution is 0.376. The van der Waals surface area contributed by atoms with Gasteiger partial charge in [0, 0.05) is 6.20 Å². The highest BCUT2D eigenvalue weighted by Gasteiger charge is 2.24. The van der Waals surface area contributed by atoms with Crippen LogP contribution in [0.4, 0.5) is 0 Å². The smallest absolute Gasteiger partial charge is 0.127 e. The molecule has 1 atom stereocenters. The quantitative estimate of drug-likeness (QED) is 0.652. The van der Waals surface area contributed by atoms with Gasteiger partial charge < -0.3 is 9.47 Å². The molecule has 5 heteroatoms. The van der Waals surface area contributed by atoms with Crippen molar-refractivity contribution in [1.29, 1.82) is 0 Å². The second-order valence-corrected chi connectivity index (χ2v) is 4.89. The molecule has 0 aliphatic heterocycles. The molecule has 5 nitrogen and oxygen atoms in total. The second-order valence-electron chi connectivity index (χ2n) is 4.89. The number of nitrogens with zero attached hydrogens (tertiary/aromatic N) is 1. The van der Waals surface area contributed by atoms with Gasteiger partial charge in [-0.25, -0.2) is 5.43 Å². The van der Waals surface area contributed by atoms with Crippen molar-refractivity contribution in [2.45, 2.75) is 19.9 Å². The van der Waals surface area contributed by atoms with E-state index < -0.39 is 0 Å². The van der Waals surface area contributed by atoms with Crippen LogP contribution >= 0.6 is 0 Å². The molecule has 1 unspecified atom stereocenters. The zero-order valence-electron chi connectivity index (χ0n) is 12.8. The van der Waals surface area contributed by atoms with Gasteiger partial charge >= 0.3 is 0 Å². The van der Waals surface area contributed by atoms with Crippen LogP contribution in [0.15, 0.2) is 30.5 Å². The van der Waals surface area contributed by atoms with Gasteiger partial charge in [0.2, 0.25) is 0 Å². The van der Waals surface area contributed by atoms with Crippen molar-refractivity contribution in [2.24, 2.45) is 5.84 Å². The van der Waals surface area contributed by atoms with Crippen LogP contribution in [-0.2, 0) is 0 Å². The summed E-state index contributed by atoms with van der Waals surface area (Å²) in [5, 5.41) is 0. The Bertz CT molecular complexity index is 607. The van der Waals surface area contributed by atoms with Crippen molar-refractivity contribution in [3.8, 4) is 11.5 Å². The highest BCUT2D eigenvalue weighted by molar-refractivity contribution is 5.50. The highest BCUT2D eigenvalue weighted by atomic mass is 16.5. The predicted molar refractivity (Wildman–Crippen MR) is 82.4 cm³/mol. The molecule has 1 aromatic carbocycles. The number of hydrogen-bond acceptors (Lipinski definition) is 5. The SMILES string of the molecule is COc1cccc(OC)c1C(NN)c1ncc(C)cc1C. The van der Waals surface area contributed by atoms with Crippen molar-refractivity contribution in [2.75, 3.05) is 14.2 Å².